The summed E-state index contributed by atoms with van der Waals surface area (Å²) < 4.78 is 142. The number of aryl methyl sites for hydroxylation is 4. The van der Waals surface area contributed by atoms with Crippen LogP contribution in [0, 0.1) is 52.2 Å². The van der Waals surface area contributed by atoms with Crippen LogP contribution in [-0.2, 0) is 18.5 Å². The van der Waals surface area contributed by atoms with Crippen molar-refractivity contribution in [2.45, 2.75) is 46.2 Å². The third-order valence-electron chi connectivity index (χ3n) is 18.7. The molecule has 12 aromatic carbocycles. The minimum absolute atomic E-state index is 0.0346. The molecule has 0 unspecified atom stereocenters. The van der Waals surface area contributed by atoms with Crippen LogP contribution in [0.2, 0.25) is 0 Å². The number of rotatable bonds is 6. The lowest BCUT2D eigenvalue weighted by Gasteiger charge is -2.24. The summed E-state index contributed by atoms with van der Waals surface area (Å²) in [5.41, 5.74) is 5.43. The van der Waals surface area contributed by atoms with Crippen molar-refractivity contribution in [1.29, 1.82) is 5.26 Å². The lowest BCUT2D eigenvalue weighted by atomic mass is 9.91. The van der Waals surface area contributed by atoms with Gasteiger partial charge >= 0.3 is 18.5 Å². The van der Waals surface area contributed by atoms with Crippen molar-refractivity contribution >= 4 is 98.6 Å². The van der Waals surface area contributed by atoms with Crippen LogP contribution in [0.4, 0.5) is 50.9 Å². The van der Waals surface area contributed by atoms with Gasteiger partial charge in [-0.25, -0.2) is 9.69 Å². The SMILES string of the molecule is [C-]#[N+]c1cccc(C(F)(F)F)c1-c1cc(-n2c3ccccc3c3cccc(C)c32)c(-n2c3ccccc3c3cccc(C)c32)cc1C#N.[C-]#[N+]c1cccc(C(F)(F)F)c1-c1cc(-n2c3ccccc3c3cccc(C)c32)c(-n2c3ccccc3c3cccc(C)c32)cc1C(F)(F)F. The van der Waals surface area contributed by atoms with Gasteiger partial charge in [-0.3, -0.25) is 0 Å². The first-order valence-electron chi connectivity index (χ1n) is 31.1. The van der Waals surface area contributed by atoms with Gasteiger partial charge in [0.25, 0.3) is 0 Å². The van der Waals surface area contributed by atoms with Crippen LogP contribution in [0.5, 0.6) is 0 Å². The number of hydrogen-bond donors (Lipinski definition) is 0. The minimum Gasteiger partial charge on any atom is -0.307 e. The van der Waals surface area contributed by atoms with Gasteiger partial charge in [-0.15, -0.1) is 0 Å². The number of hydrogen-bond acceptors (Lipinski definition) is 1. The van der Waals surface area contributed by atoms with E-state index >= 15 is 13.2 Å². The van der Waals surface area contributed by atoms with Crippen LogP contribution in [0.15, 0.2) is 231 Å². The van der Waals surface area contributed by atoms with Crippen LogP contribution in [0.1, 0.15) is 44.5 Å². The Labute approximate surface area is 554 Å². The molecule has 0 aliphatic rings. The fourth-order valence-electron chi connectivity index (χ4n) is 14.7. The maximum absolute atomic E-state index is 15.4. The Morgan fingerprint density at radius 3 is 0.908 bits per heavy atom. The molecule has 0 aliphatic carbocycles. The largest absolute Gasteiger partial charge is 0.417 e. The van der Waals surface area contributed by atoms with E-state index in [-0.39, 0.29) is 33.8 Å². The van der Waals surface area contributed by atoms with E-state index in [0.717, 1.165) is 118 Å². The molecule has 16 heteroatoms. The normalized spacial score (nSPS) is 12.1. The molecule has 0 fully saturated rings. The van der Waals surface area contributed by atoms with E-state index < -0.39 is 52.0 Å². The van der Waals surface area contributed by atoms with Crippen LogP contribution < -0.4 is 0 Å². The average molecular weight is 1300 g/mol. The summed E-state index contributed by atoms with van der Waals surface area (Å²) in [7, 11) is 0. The first-order chi connectivity index (χ1) is 47.1. The molecular weight excluding hydrogens is 1250 g/mol. The fraction of sp³-hybridized carbons (Fsp3) is 0.0854. The fourth-order valence-corrected chi connectivity index (χ4v) is 14.7. The summed E-state index contributed by atoms with van der Waals surface area (Å²) in [6.07, 6.45) is -14.9. The highest BCUT2D eigenvalue weighted by Crippen LogP contribution is 2.52. The van der Waals surface area contributed by atoms with Gasteiger partial charge in [-0.1, -0.05) is 182 Å². The summed E-state index contributed by atoms with van der Waals surface area (Å²) in [5.74, 6) is 0. The molecule has 0 N–H and O–H groups in total. The van der Waals surface area contributed by atoms with Crippen molar-refractivity contribution in [2.75, 3.05) is 0 Å². The van der Waals surface area contributed by atoms with Gasteiger partial charge in [-0.2, -0.15) is 44.8 Å². The zero-order chi connectivity index (χ0) is 68.4. The van der Waals surface area contributed by atoms with E-state index in [9.17, 15) is 31.6 Å². The van der Waals surface area contributed by atoms with E-state index in [0.29, 0.717) is 33.4 Å². The molecule has 476 valence electrons. The first kappa shape index (κ1) is 61.8. The Kier molecular flexibility index (Phi) is 14.5. The number of benzene rings is 12. The zero-order valence-corrected chi connectivity index (χ0v) is 52.5. The zero-order valence-electron chi connectivity index (χ0n) is 52.5. The van der Waals surface area contributed by atoms with E-state index in [1.165, 1.54) is 18.2 Å². The average Bonchev–Trinajstić information content (AvgIpc) is 1.49. The van der Waals surface area contributed by atoms with Crippen molar-refractivity contribution in [3.8, 4) is 51.1 Å². The van der Waals surface area contributed by atoms with Gasteiger partial charge in [0.2, 0.25) is 0 Å². The van der Waals surface area contributed by atoms with E-state index in [2.05, 4.69) is 37.0 Å². The summed E-state index contributed by atoms with van der Waals surface area (Å²) in [5, 5.41) is 17.9. The maximum Gasteiger partial charge on any atom is 0.417 e. The molecule has 0 atom stereocenters. The first-order valence-corrected chi connectivity index (χ1v) is 31.1. The van der Waals surface area contributed by atoms with E-state index in [4.69, 9.17) is 13.1 Å². The summed E-state index contributed by atoms with van der Waals surface area (Å²) in [4.78, 5) is 6.78. The number of alkyl halides is 9. The van der Waals surface area contributed by atoms with Crippen molar-refractivity contribution in [3.05, 3.63) is 298 Å². The minimum atomic E-state index is -5.09. The third kappa shape index (κ3) is 9.63. The maximum atomic E-state index is 15.4. The molecule has 0 radical (unpaired) electrons. The highest BCUT2D eigenvalue weighted by molar-refractivity contribution is 6.15. The molecule has 0 bridgehead atoms. The highest BCUT2D eigenvalue weighted by Gasteiger charge is 2.42. The van der Waals surface area contributed by atoms with E-state index in [1.807, 2.05) is 184 Å². The Morgan fingerprint density at radius 1 is 0.316 bits per heavy atom. The van der Waals surface area contributed by atoms with Crippen LogP contribution in [0.3, 0.4) is 0 Å². The number of nitrogens with zero attached hydrogens (tertiary/aromatic N) is 7. The summed E-state index contributed by atoms with van der Waals surface area (Å²) in [6, 6.07) is 68.5. The van der Waals surface area contributed by atoms with Crippen molar-refractivity contribution in [2.24, 2.45) is 0 Å². The number of aromatic nitrogens is 4. The lowest BCUT2D eigenvalue weighted by Crippen LogP contribution is -2.14. The number of nitriles is 1. The predicted octanol–water partition coefficient (Wildman–Crippen LogP) is 24.4. The Morgan fingerprint density at radius 2 is 0.592 bits per heavy atom. The summed E-state index contributed by atoms with van der Waals surface area (Å²) in [6.45, 7) is 23.4. The topological polar surface area (TPSA) is 52.2 Å². The van der Waals surface area contributed by atoms with Gasteiger partial charge in [0, 0.05) is 54.2 Å². The summed E-state index contributed by atoms with van der Waals surface area (Å²) >= 11 is 0. The molecule has 16 rings (SSSR count). The van der Waals surface area contributed by atoms with Gasteiger partial charge < -0.3 is 18.3 Å². The highest BCUT2D eigenvalue weighted by atomic mass is 19.4. The molecule has 0 aliphatic heterocycles. The molecular formula is C82H50F9N7. The molecule has 4 heterocycles. The Balaban J connectivity index is 0.000000160. The van der Waals surface area contributed by atoms with Crippen molar-refractivity contribution < 1.29 is 39.5 Å². The molecule has 0 saturated heterocycles. The Hall–Kier alpha value is -12.3. The number of fused-ring (bicyclic) bond motifs is 12. The second-order valence-corrected chi connectivity index (χ2v) is 24.3. The monoisotopic (exact) mass is 1300 g/mol. The molecule has 98 heavy (non-hydrogen) atoms. The number of halogens is 9. The molecule has 0 spiro atoms. The van der Waals surface area contributed by atoms with E-state index in [1.54, 1.807) is 22.8 Å². The second kappa shape index (κ2) is 23.0. The number of para-hydroxylation sites is 8. The lowest BCUT2D eigenvalue weighted by molar-refractivity contribution is -0.139. The predicted molar refractivity (Wildman–Crippen MR) is 372 cm³/mol. The third-order valence-corrected chi connectivity index (χ3v) is 18.7. The standard InChI is InChI=1S/C41H25F6N3.C41H25F3N4/c1-23-11-8-15-27-25-13-4-6-19-33(25)49(38(23)27)35-21-29(37-30(40(42,43)44)17-10-18-32(37)48-3)31(41(45,46)47)22-36(35)50-34-20-7-5-14-26(34)28-16-9-12-24(2)39(28)50;1-24-11-8-15-29-27-13-4-6-19-34(27)47(39(24)29)36-21-26(23-45)31(38-32(41(42,43)44)17-10-18-33(38)46-3)22-37(36)48-35-20-7-5-14-28(35)30-16-9-12-25(2)40(30)48/h4-22H,1-2H3;4-22H,1-2H3. The van der Waals surface area contributed by atoms with Crippen LogP contribution in [0.25, 0.3) is 142 Å². The van der Waals surface area contributed by atoms with Gasteiger partial charge in [0.15, 0.2) is 11.4 Å². The second-order valence-electron chi connectivity index (χ2n) is 24.3. The smallest absolute Gasteiger partial charge is 0.307 e. The van der Waals surface area contributed by atoms with Crippen LogP contribution in [-0.4, -0.2) is 18.3 Å². The van der Waals surface area contributed by atoms with Gasteiger partial charge in [-0.05, 0) is 110 Å². The molecule has 16 aromatic rings. The molecule has 0 amide bonds. The van der Waals surface area contributed by atoms with Gasteiger partial charge in [0.05, 0.1) is 108 Å². The quantitative estimate of drug-likeness (QED) is 0.121. The van der Waals surface area contributed by atoms with Crippen molar-refractivity contribution in [3.63, 3.8) is 0 Å². The van der Waals surface area contributed by atoms with Gasteiger partial charge in [0.1, 0.15) is 0 Å². The van der Waals surface area contributed by atoms with Crippen LogP contribution >= 0.6 is 0 Å². The molecule has 4 aromatic heterocycles. The van der Waals surface area contributed by atoms with Crippen molar-refractivity contribution in [1.82, 2.24) is 18.3 Å². The molecule has 7 nitrogen and oxygen atoms in total. The molecule has 0 saturated carbocycles. The Bertz CT molecular complexity index is 6190.